The van der Waals surface area contributed by atoms with E-state index in [1.54, 1.807) is 36.2 Å². The molecule has 1 unspecified atom stereocenters. The average Bonchev–Trinajstić information content (AvgIpc) is 2.84. The molecule has 33 heavy (non-hydrogen) atoms. The molecule has 2 saturated heterocycles. The molecule has 0 spiro atoms. The van der Waals surface area contributed by atoms with Gasteiger partial charge < -0.3 is 14.5 Å². The van der Waals surface area contributed by atoms with Gasteiger partial charge in [-0.2, -0.15) is 4.31 Å². The highest BCUT2D eigenvalue weighted by Crippen LogP contribution is 2.28. The van der Waals surface area contributed by atoms with Gasteiger partial charge in [-0.3, -0.25) is 4.79 Å². The highest BCUT2D eigenvalue weighted by Gasteiger charge is 2.38. The van der Waals surface area contributed by atoms with Gasteiger partial charge in [0.25, 0.3) is 0 Å². The number of sulfonamides is 1. The number of rotatable bonds is 6. The zero-order chi connectivity index (χ0) is 23.4. The number of nitrogens with zero attached hydrogens (tertiary/aromatic N) is 3. The van der Waals surface area contributed by atoms with Crippen LogP contribution in [0.2, 0.25) is 0 Å². The fraction of sp³-hybridized carbons (Fsp3) is 0.480. The number of piperidine rings is 1. The second-order valence-electron chi connectivity index (χ2n) is 8.86. The maximum atomic E-state index is 13.5. The summed E-state index contributed by atoms with van der Waals surface area (Å²) in [7, 11) is -1.97. The summed E-state index contributed by atoms with van der Waals surface area (Å²) in [5, 5.41) is 0. The lowest BCUT2D eigenvalue weighted by atomic mass is 10.0. The van der Waals surface area contributed by atoms with E-state index in [2.05, 4.69) is 11.0 Å². The van der Waals surface area contributed by atoms with E-state index in [0.29, 0.717) is 32.7 Å². The number of hydrogen-bond donors (Lipinski definition) is 0. The van der Waals surface area contributed by atoms with Crippen LogP contribution in [-0.2, 0) is 26.1 Å². The average molecular weight is 472 g/mol. The zero-order valence-corrected chi connectivity index (χ0v) is 20.3. The number of anilines is 1. The highest BCUT2D eigenvalue weighted by molar-refractivity contribution is 7.89. The first-order valence-electron chi connectivity index (χ1n) is 11.6. The molecule has 2 aliphatic heterocycles. The largest absolute Gasteiger partial charge is 0.378 e. The predicted octanol–water partition coefficient (Wildman–Crippen LogP) is 3.03. The van der Waals surface area contributed by atoms with Crippen molar-refractivity contribution in [2.75, 3.05) is 44.8 Å². The third-order valence-corrected chi connectivity index (χ3v) is 8.42. The zero-order valence-electron chi connectivity index (χ0n) is 19.4. The van der Waals surface area contributed by atoms with Crippen LogP contribution in [0, 0.1) is 6.92 Å². The molecule has 2 fully saturated rings. The van der Waals surface area contributed by atoms with Gasteiger partial charge in [-0.1, -0.05) is 42.3 Å². The van der Waals surface area contributed by atoms with E-state index in [0.717, 1.165) is 42.7 Å². The normalized spacial score (nSPS) is 19.9. The Morgan fingerprint density at radius 2 is 1.73 bits per heavy atom. The van der Waals surface area contributed by atoms with E-state index in [1.807, 2.05) is 25.1 Å². The Labute approximate surface area is 197 Å². The van der Waals surface area contributed by atoms with Gasteiger partial charge in [-0.05, 0) is 43.5 Å². The summed E-state index contributed by atoms with van der Waals surface area (Å²) in [6, 6.07) is 14.3. The predicted molar refractivity (Wildman–Crippen MR) is 129 cm³/mol. The first-order valence-corrected chi connectivity index (χ1v) is 13.1. The van der Waals surface area contributed by atoms with Crippen LogP contribution < -0.4 is 4.90 Å². The summed E-state index contributed by atoms with van der Waals surface area (Å²) in [6.07, 6.45) is 2.15. The van der Waals surface area contributed by atoms with Gasteiger partial charge in [-0.15, -0.1) is 0 Å². The molecule has 8 heteroatoms. The summed E-state index contributed by atoms with van der Waals surface area (Å²) < 4.78 is 33.7. The number of morpholine rings is 1. The molecule has 0 radical (unpaired) electrons. The van der Waals surface area contributed by atoms with Crippen molar-refractivity contribution in [1.82, 2.24) is 9.21 Å². The third kappa shape index (κ3) is 5.23. The number of ether oxygens (including phenoxy) is 1. The van der Waals surface area contributed by atoms with E-state index in [-0.39, 0.29) is 10.8 Å². The van der Waals surface area contributed by atoms with Crippen LogP contribution in [0.4, 0.5) is 5.69 Å². The lowest BCUT2D eigenvalue weighted by molar-refractivity contribution is -0.135. The lowest BCUT2D eigenvalue weighted by Crippen LogP contribution is -2.52. The van der Waals surface area contributed by atoms with Crippen molar-refractivity contribution in [2.45, 2.75) is 43.7 Å². The minimum atomic E-state index is -3.74. The molecule has 0 N–H and O–H groups in total. The Kier molecular flexibility index (Phi) is 7.36. The van der Waals surface area contributed by atoms with Crippen molar-refractivity contribution in [3.05, 3.63) is 59.7 Å². The molecule has 2 aromatic rings. The maximum absolute atomic E-state index is 13.5. The van der Waals surface area contributed by atoms with E-state index in [4.69, 9.17) is 4.74 Å². The quantitative estimate of drug-likeness (QED) is 0.648. The Balaban J connectivity index is 1.53. The summed E-state index contributed by atoms with van der Waals surface area (Å²) in [5.74, 6) is -0.151. The number of amides is 1. The van der Waals surface area contributed by atoms with Crippen molar-refractivity contribution in [1.29, 1.82) is 0 Å². The summed E-state index contributed by atoms with van der Waals surface area (Å²) >= 11 is 0. The van der Waals surface area contributed by atoms with Gasteiger partial charge in [-0.25, -0.2) is 8.42 Å². The molecule has 1 amide bonds. The van der Waals surface area contributed by atoms with Crippen LogP contribution in [0.15, 0.2) is 53.4 Å². The van der Waals surface area contributed by atoms with Crippen molar-refractivity contribution in [2.24, 2.45) is 0 Å². The van der Waals surface area contributed by atoms with Crippen LogP contribution in [0.3, 0.4) is 0 Å². The van der Waals surface area contributed by atoms with Crippen LogP contribution >= 0.6 is 0 Å². The van der Waals surface area contributed by atoms with Crippen molar-refractivity contribution >= 4 is 21.6 Å². The first kappa shape index (κ1) is 23.7. The minimum Gasteiger partial charge on any atom is -0.378 e. The number of carbonyl (C=O) groups excluding carboxylic acids is 1. The maximum Gasteiger partial charge on any atom is 0.243 e. The Hall–Kier alpha value is -2.42. The number of likely N-dealkylation sites (N-methyl/N-ethyl adjacent to an activating group) is 1. The number of benzene rings is 2. The number of carbonyl (C=O) groups is 1. The standard InChI is InChI=1S/C25H33N3O4S/c1-20-10-12-22(13-11-20)33(30,31)28-14-6-5-9-24(28)25(29)26(2)19-21-7-3-4-8-23(21)27-15-17-32-18-16-27/h3-4,7-8,10-13,24H,5-6,9,14-19H2,1-2H3. The Bertz CT molecular complexity index is 1070. The molecule has 0 saturated carbocycles. The Morgan fingerprint density at radius 1 is 1.03 bits per heavy atom. The van der Waals surface area contributed by atoms with Gasteiger partial charge in [0.2, 0.25) is 15.9 Å². The summed E-state index contributed by atoms with van der Waals surface area (Å²) in [4.78, 5) is 17.7. The smallest absolute Gasteiger partial charge is 0.243 e. The van der Waals surface area contributed by atoms with Crippen LogP contribution in [-0.4, -0.2) is 69.5 Å². The fourth-order valence-corrected chi connectivity index (χ4v) is 6.28. The molecule has 0 aliphatic carbocycles. The second-order valence-corrected chi connectivity index (χ2v) is 10.8. The van der Waals surface area contributed by atoms with Crippen molar-refractivity contribution in [3.8, 4) is 0 Å². The molecule has 0 bridgehead atoms. The van der Waals surface area contributed by atoms with E-state index in [1.165, 1.54) is 4.31 Å². The van der Waals surface area contributed by atoms with Crippen LogP contribution in [0.5, 0.6) is 0 Å². The number of para-hydroxylation sites is 1. The Morgan fingerprint density at radius 3 is 2.45 bits per heavy atom. The fourth-order valence-electron chi connectivity index (χ4n) is 4.63. The molecule has 1 atom stereocenters. The number of aryl methyl sites for hydroxylation is 1. The SMILES string of the molecule is Cc1ccc(S(=O)(=O)N2CCCCC2C(=O)N(C)Cc2ccccc2N2CCOCC2)cc1. The van der Waals surface area contributed by atoms with E-state index in [9.17, 15) is 13.2 Å². The topological polar surface area (TPSA) is 70.2 Å². The molecule has 2 aromatic carbocycles. The molecule has 2 aliphatic rings. The summed E-state index contributed by atoms with van der Waals surface area (Å²) in [6.45, 7) is 5.74. The van der Waals surface area contributed by atoms with Gasteiger partial charge >= 0.3 is 0 Å². The monoisotopic (exact) mass is 471 g/mol. The van der Waals surface area contributed by atoms with Crippen molar-refractivity contribution < 1.29 is 17.9 Å². The van der Waals surface area contributed by atoms with Gasteiger partial charge in [0.05, 0.1) is 18.1 Å². The second kappa shape index (κ2) is 10.2. The number of hydrogen-bond acceptors (Lipinski definition) is 5. The molecular weight excluding hydrogens is 438 g/mol. The lowest BCUT2D eigenvalue weighted by Gasteiger charge is -2.36. The van der Waals surface area contributed by atoms with E-state index < -0.39 is 16.1 Å². The molecule has 0 aromatic heterocycles. The van der Waals surface area contributed by atoms with Crippen molar-refractivity contribution in [3.63, 3.8) is 0 Å². The van der Waals surface area contributed by atoms with Gasteiger partial charge in [0.1, 0.15) is 6.04 Å². The molecular formula is C25H33N3O4S. The first-order chi connectivity index (χ1) is 15.9. The van der Waals surface area contributed by atoms with Crippen LogP contribution in [0.25, 0.3) is 0 Å². The third-order valence-electron chi connectivity index (χ3n) is 6.49. The van der Waals surface area contributed by atoms with Gasteiger partial charge in [0.15, 0.2) is 0 Å². The summed E-state index contributed by atoms with van der Waals surface area (Å²) in [5.41, 5.74) is 3.16. The highest BCUT2D eigenvalue weighted by atomic mass is 32.2. The van der Waals surface area contributed by atoms with E-state index >= 15 is 0 Å². The van der Waals surface area contributed by atoms with Gasteiger partial charge in [0, 0.05) is 38.9 Å². The minimum absolute atomic E-state index is 0.151. The van der Waals surface area contributed by atoms with Crippen LogP contribution in [0.1, 0.15) is 30.4 Å². The molecule has 4 rings (SSSR count). The molecule has 7 nitrogen and oxygen atoms in total. The molecule has 178 valence electrons. The molecule has 2 heterocycles.